The van der Waals surface area contributed by atoms with Crippen molar-refractivity contribution < 1.29 is 4.79 Å². The predicted molar refractivity (Wildman–Crippen MR) is 39.4 cm³/mol. The van der Waals surface area contributed by atoms with Crippen LogP contribution in [0, 0.1) is 5.92 Å². The van der Waals surface area contributed by atoms with Crippen LogP contribution >= 0.6 is 0 Å². The van der Waals surface area contributed by atoms with Crippen LogP contribution in [0.25, 0.3) is 0 Å². The van der Waals surface area contributed by atoms with Gasteiger partial charge < -0.3 is 10.6 Å². The van der Waals surface area contributed by atoms with Gasteiger partial charge in [0.25, 0.3) is 0 Å². The molecule has 1 fully saturated rings. The Kier molecular flexibility index (Phi) is 2.27. The molecule has 0 bridgehead atoms. The maximum atomic E-state index is 11.2. The topological polar surface area (TPSA) is 46.3 Å². The largest absolute Gasteiger partial charge is 0.344 e. The van der Waals surface area contributed by atoms with Gasteiger partial charge in [0, 0.05) is 26.1 Å². The second-order valence-corrected chi connectivity index (χ2v) is 2.82. The Bertz CT molecular complexity index is 132. The van der Waals surface area contributed by atoms with E-state index in [1.807, 2.05) is 7.05 Å². The first-order valence-electron chi connectivity index (χ1n) is 3.70. The van der Waals surface area contributed by atoms with Crippen molar-refractivity contribution in [2.24, 2.45) is 11.7 Å². The Balaban J connectivity index is 2.24. The van der Waals surface area contributed by atoms with Crippen molar-refractivity contribution in [3.63, 3.8) is 0 Å². The van der Waals surface area contributed by atoms with Gasteiger partial charge in [-0.3, -0.25) is 4.79 Å². The number of hydrogen-bond acceptors (Lipinski definition) is 2. The van der Waals surface area contributed by atoms with Crippen LogP contribution in [0.4, 0.5) is 0 Å². The highest BCUT2D eigenvalue weighted by molar-refractivity contribution is 5.80. The molecule has 0 aromatic heterocycles. The summed E-state index contributed by atoms with van der Waals surface area (Å²) in [6.45, 7) is 1.25. The van der Waals surface area contributed by atoms with E-state index < -0.39 is 0 Å². The molecule has 3 heteroatoms. The average molecular weight is 142 g/mol. The zero-order valence-corrected chi connectivity index (χ0v) is 6.34. The van der Waals surface area contributed by atoms with Crippen molar-refractivity contribution >= 4 is 5.91 Å². The fraction of sp³-hybridized carbons (Fsp3) is 0.857. The van der Waals surface area contributed by atoms with Crippen LogP contribution in [0.15, 0.2) is 0 Å². The molecule has 1 aliphatic rings. The molecule has 1 saturated carbocycles. The number of nitrogens with two attached hydrogens (primary N) is 1. The summed E-state index contributed by atoms with van der Waals surface area (Å²) >= 11 is 0. The second kappa shape index (κ2) is 3.01. The quantitative estimate of drug-likeness (QED) is 0.594. The molecule has 0 atom stereocenters. The molecule has 1 amide bonds. The van der Waals surface area contributed by atoms with Gasteiger partial charge in [-0.25, -0.2) is 0 Å². The minimum absolute atomic E-state index is 0.269. The first-order valence-corrected chi connectivity index (χ1v) is 3.70. The number of rotatable bonds is 3. The summed E-state index contributed by atoms with van der Waals surface area (Å²) in [6.07, 6.45) is 2.15. The SMILES string of the molecule is CN(CCN)C(=O)C1CC1. The summed E-state index contributed by atoms with van der Waals surface area (Å²) in [5.74, 6) is 0.599. The van der Waals surface area contributed by atoms with Crippen LogP contribution in [0.5, 0.6) is 0 Å². The molecule has 0 radical (unpaired) electrons. The van der Waals surface area contributed by atoms with E-state index in [9.17, 15) is 4.79 Å². The zero-order chi connectivity index (χ0) is 7.56. The third-order valence-electron chi connectivity index (χ3n) is 1.77. The molecule has 0 heterocycles. The lowest BCUT2D eigenvalue weighted by molar-refractivity contribution is -0.131. The third-order valence-corrected chi connectivity index (χ3v) is 1.77. The molecule has 0 unspecified atom stereocenters. The molecule has 1 rings (SSSR count). The lowest BCUT2D eigenvalue weighted by Gasteiger charge is -2.14. The zero-order valence-electron chi connectivity index (χ0n) is 6.34. The van der Waals surface area contributed by atoms with Gasteiger partial charge in [0.15, 0.2) is 0 Å². The van der Waals surface area contributed by atoms with Gasteiger partial charge in [-0.05, 0) is 12.8 Å². The van der Waals surface area contributed by atoms with Crippen molar-refractivity contribution in [3.8, 4) is 0 Å². The number of nitrogens with zero attached hydrogens (tertiary/aromatic N) is 1. The molecular weight excluding hydrogens is 128 g/mol. The average Bonchev–Trinajstić information content (AvgIpc) is 2.68. The van der Waals surface area contributed by atoms with Crippen LogP contribution in [0.1, 0.15) is 12.8 Å². The maximum Gasteiger partial charge on any atom is 0.225 e. The minimum Gasteiger partial charge on any atom is -0.344 e. The van der Waals surface area contributed by atoms with E-state index in [4.69, 9.17) is 5.73 Å². The number of hydrogen-bond donors (Lipinski definition) is 1. The van der Waals surface area contributed by atoms with Crippen molar-refractivity contribution in [3.05, 3.63) is 0 Å². The lowest BCUT2D eigenvalue weighted by atomic mass is 10.3. The van der Waals surface area contributed by atoms with Gasteiger partial charge in [0.05, 0.1) is 0 Å². The number of carbonyl (C=O) groups excluding carboxylic acids is 1. The molecule has 3 nitrogen and oxygen atoms in total. The van der Waals surface area contributed by atoms with Crippen LogP contribution in [0.2, 0.25) is 0 Å². The monoisotopic (exact) mass is 142 g/mol. The summed E-state index contributed by atoms with van der Waals surface area (Å²) in [6, 6.07) is 0. The molecule has 1 aliphatic carbocycles. The fourth-order valence-corrected chi connectivity index (χ4v) is 0.946. The maximum absolute atomic E-state index is 11.2. The Morgan fingerprint density at radius 1 is 1.70 bits per heavy atom. The van der Waals surface area contributed by atoms with E-state index in [1.54, 1.807) is 4.90 Å². The van der Waals surface area contributed by atoms with E-state index in [-0.39, 0.29) is 5.91 Å². The second-order valence-electron chi connectivity index (χ2n) is 2.82. The smallest absolute Gasteiger partial charge is 0.225 e. The molecule has 2 N–H and O–H groups in total. The summed E-state index contributed by atoms with van der Waals surface area (Å²) in [4.78, 5) is 12.9. The van der Waals surface area contributed by atoms with Crippen molar-refractivity contribution in [1.82, 2.24) is 4.90 Å². The molecule has 10 heavy (non-hydrogen) atoms. The van der Waals surface area contributed by atoms with Crippen molar-refractivity contribution in [2.45, 2.75) is 12.8 Å². The standard InChI is InChI=1S/C7H14N2O/c1-9(5-4-8)7(10)6-2-3-6/h6H,2-5,8H2,1H3. The molecule has 0 aromatic carbocycles. The predicted octanol–water partition coefficient (Wildman–Crippen LogP) is -0.187. The van der Waals surface area contributed by atoms with Crippen LogP contribution in [-0.2, 0) is 4.79 Å². The first-order chi connectivity index (χ1) is 4.75. The van der Waals surface area contributed by atoms with E-state index in [0.29, 0.717) is 19.0 Å². The summed E-state index contributed by atoms with van der Waals surface area (Å²) in [5.41, 5.74) is 5.29. The van der Waals surface area contributed by atoms with E-state index in [0.717, 1.165) is 12.8 Å². The molecule has 0 aromatic rings. The first kappa shape index (κ1) is 7.54. The highest BCUT2D eigenvalue weighted by Gasteiger charge is 2.31. The van der Waals surface area contributed by atoms with Gasteiger partial charge in [0.2, 0.25) is 5.91 Å². The molecule has 0 spiro atoms. The van der Waals surface area contributed by atoms with Crippen molar-refractivity contribution in [2.75, 3.05) is 20.1 Å². The Morgan fingerprint density at radius 2 is 2.30 bits per heavy atom. The lowest BCUT2D eigenvalue weighted by Crippen LogP contribution is -2.32. The van der Waals surface area contributed by atoms with Crippen LogP contribution in [0.3, 0.4) is 0 Å². The molecular formula is C7H14N2O. The van der Waals surface area contributed by atoms with Gasteiger partial charge in [-0.2, -0.15) is 0 Å². The molecule has 58 valence electrons. The highest BCUT2D eigenvalue weighted by Crippen LogP contribution is 2.30. The van der Waals surface area contributed by atoms with E-state index in [1.165, 1.54) is 0 Å². The van der Waals surface area contributed by atoms with E-state index >= 15 is 0 Å². The third kappa shape index (κ3) is 1.70. The highest BCUT2D eigenvalue weighted by atomic mass is 16.2. The van der Waals surface area contributed by atoms with E-state index in [2.05, 4.69) is 0 Å². The number of amides is 1. The van der Waals surface area contributed by atoms with Gasteiger partial charge in [-0.15, -0.1) is 0 Å². The van der Waals surface area contributed by atoms with Gasteiger partial charge >= 0.3 is 0 Å². The Labute approximate surface area is 61.2 Å². The van der Waals surface area contributed by atoms with Crippen LogP contribution in [-0.4, -0.2) is 30.9 Å². The van der Waals surface area contributed by atoms with Gasteiger partial charge in [-0.1, -0.05) is 0 Å². The minimum atomic E-state index is 0.269. The fourth-order valence-electron chi connectivity index (χ4n) is 0.946. The number of likely N-dealkylation sites (N-methyl/N-ethyl adjacent to an activating group) is 1. The normalized spacial score (nSPS) is 17.0. The van der Waals surface area contributed by atoms with Crippen molar-refractivity contribution in [1.29, 1.82) is 0 Å². The molecule has 0 aliphatic heterocycles. The Hall–Kier alpha value is -0.570. The summed E-state index contributed by atoms with van der Waals surface area (Å²) in [5, 5.41) is 0. The summed E-state index contributed by atoms with van der Waals surface area (Å²) in [7, 11) is 1.81. The van der Waals surface area contributed by atoms with Gasteiger partial charge in [0.1, 0.15) is 0 Å². The Morgan fingerprint density at radius 3 is 2.70 bits per heavy atom. The number of carbonyl (C=O) groups is 1. The van der Waals surface area contributed by atoms with Crippen LogP contribution < -0.4 is 5.73 Å². The summed E-state index contributed by atoms with van der Waals surface area (Å²) < 4.78 is 0. The molecule has 0 saturated heterocycles.